The first-order valence-corrected chi connectivity index (χ1v) is 7.46. The molecule has 0 radical (unpaired) electrons. The first-order valence-electron chi connectivity index (χ1n) is 6.67. The lowest BCUT2D eigenvalue weighted by Gasteiger charge is -2.15. The van der Waals surface area contributed by atoms with E-state index in [-0.39, 0.29) is 6.04 Å². The maximum atomic E-state index is 5.85. The largest absolute Gasteiger partial charge is 0.374 e. The molecule has 0 bridgehead atoms. The van der Waals surface area contributed by atoms with E-state index in [1.165, 1.54) is 6.33 Å². The van der Waals surface area contributed by atoms with Crippen molar-refractivity contribution in [1.29, 1.82) is 0 Å². The Labute approximate surface area is 135 Å². The molecule has 0 spiro atoms. The molecule has 0 fully saturated rings. The van der Waals surface area contributed by atoms with Crippen LogP contribution in [0.2, 0.25) is 0 Å². The summed E-state index contributed by atoms with van der Waals surface area (Å²) in [6.07, 6.45) is 3.12. The molecule has 0 saturated heterocycles. The summed E-state index contributed by atoms with van der Waals surface area (Å²) in [5.74, 6) is 1.19. The highest BCUT2D eigenvalue weighted by Crippen LogP contribution is 2.20. The fraction of sp³-hybridized carbons (Fsp3) is 0.143. The summed E-state index contributed by atoms with van der Waals surface area (Å²) in [6, 6.07) is 9.45. The van der Waals surface area contributed by atoms with Gasteiger partial charge in [-0.05, 0) is 30.3 Å². The molecule has 3 rings (SSSR count). The second-order valence-corrected chi connectivity index (χ2v) is 5.49. The Morgan fingerprint density at radius 1 is 1.23 bits per heavy atom. The molecule has 1 atom stereocenters. The zero-order valence-electron chi connectivity index (χ0n) is 11.6. The number of hydrogen-bond acceptors (Lipinski definition) is 6. The van der Waals surface area contributed by atoms with Gasteiger partial charge in [0, 0.05) is 22.9 Å². The van der Waals surface area contributed by atoms with Gasteiger partial charge in [-0.25, -0.2) is 15.0 Å². The van der Waals surface area contributed by atoms with E-state index >= 15 is 0 Å². The van der Waals surface area contributed by atoms with Gasteiger partial charge >= 0.3 is 0 Å². The van der Waals surface area contributed by atoms with Crippen molar-refractivity contribution in [2.75, 3.05) is 11.9 Å². The van der Waals surface area contributed by atoms with Crippen molar-refractivity contribution in [3.8, 4) is 11.5 Å². The van der Waals surface area contributed by atoms with Gasteiger partial charge in [0.25, 0.3) is 0 Å². The third-order valence-corrected chi connectivity index (χ3v) is 3.59. The molecular formula is C14H14BrN7. The van der Waals surface area contributed by atoms with Crippen LogP contribution in [0.25, 0.3) is 11.5 Å². The number of hydrogen-bond donors (Lipinski definition) is 3. The van der Waals surface area contributed by atoms with E-state index in [4.69, 9.17) is 5.73 Å². The van der Waals surface area contributed by atoms with Gasteiger partial charge in [-0.2, -0.15) is 5.10 Å². The van der Waals surface area contributed by atoms with Crippen molar-refractivity contribution >= 4 is 21.6 Å². The summed E-state index contributed by atoms with van der Waals surface area (Å²) in [5, 5.41) is 10.4. The highest BCUT2D eigenvalue weighted by molar-refractivity contribution is 9.10. The smallest absolute Gasteiger partial charge is 0.199 e. The molecule has 3 aromatic rings. The number of nitrogens with two attached hydrogens (primary N) is 1. The summed E-state index contributed by atoms with van der Waals surface area (Å²) < 4.78 is 1.02. The van der Waals surface area contributed by atoms with Crippen molar-refractivity contribution in [1.82, 2.24) is 25.1 Å². The summed E-state index contributed by atoms with van der Waals surface area (Å²) in [5.41, 5.74) is 7.47. The van der Waals surface area contributed by atoms with Crippen LogP contribution in [0.4, 0.5) is 5.69 Å². The van der Waals surface area contributed by atoms with Crippen LogP contribution >= 0.6 is 15.9 Å². The predicted molar refractivity (Wildman–Crippen MR) is 87.0 cm³/mol. The first-order chi connectivity index (χ1) is 10.8. The third kappa shape index (κ3) is 3.29. The van der Waals surface area contributed by atoms with Gasteiger partial charge in [0.1, 0.15) is 17.8 Å². The number of benzene rings is 1. The Balaban J connectivity index is 1.79. The highest BCUT2D eigenvalue weighted by Gasteiger charge is 2.15. The van der Waals surface area contributed by atoms with Gasteiger partial charge in [-0.3, -0.25) is 5.10 Å². The highest BCUT2D eigenvalue weighted by atomic mass is 79.9. The van der Waals surface area contributed by atoms with Crippen molar-refractivity contribution in [3.05, 3.63) is 53.2 Å². The summed E-state index contributed by atoms with van der Waals surface area (Å²) in [4.78, 5) is 12.5. The Morgan fingerprint density at radius 3 is 2.73 bits per heavy atom. The van der Waals surface area contributed by atoms with E-state index in [1.807, 2.05) is 24.3 Å². The first kappa shape index (κ1) is 14.6. The molecule has 0 aliphatic heterocycles. The molecule has 0 aliphatic rings. The van der Waals surface area contributed by atoms with Gasteiger partial charge in [-0.15, -0.1) is 0 Å². The van der Waals surface area contributed by atoms with Crippen molar-refractivity contribution < 1.29 is 0 Å². The van der Waals surface area contributed by atoms with Crippen molar-refractivity contribution in [3.63, 3.8) is 0 Å². The SMILES string of the molecule is NCC(Nc1ccc(Br)cc1)c1nc(-c2ccncn2)n[nH]1. The number of aromatic nitrogens is 5. The number of anilines is 1. The van der Waals surface area contributed by atoms with E-state index in [0.717, 1.165) is 10.2 Å². The van der Waals surface area contributed by atoms with Gasteiger partial charge in [0.2, 0.25) is 0 Å². The van der Waals surface area contributed by atoms with Crippen LogP contribution in [0.15, 0.2) is 47.3 Å². The van der Waals surface area contributed by atoms with Gasteiger partial charge < -0.3 is 11.1 Å². The van der Waals surface area contributed by atoms with Crippen molar-refractivity contribution in [2.45, 2.75) is 6.04 Å². The fourth-order valence-electron chi connectivity index (χ4n) is 1.95. The van der Waals surface area contributed by atoms with E-state index in [1.54, 1.807) is 12.3 Å². The number of aromatic amines is 1. The Kier molecular flexibility index (Phi) is 4.40. The lowest BCUT2D eigenvalue weighted by Crippen LogP contribution is -2.21. The molecule has 0 saturated carbocycles. The second kappa shape index (κ2) is 6.63. The molecule has 1 aromatic carbocycles. The molecule has 22 heavy (non-hydrogen) atoms. The van der Waals surface area contributed by atoms with Crippen LogP contribution < -0.4 is 11.1 Å². The van der Waals surface area contributed by atoms with Crippen LogP contribution in [0.1, 0.15) is 11.9 Å². The van der Waals surface area contributed by atoms with Crippen LogP contribution in [-0.4, -0.2) is 31.7 Å². The number of nitrogens with zero attached hydrogens (tertiary/aromatic N) is 4. The molecule has 8 heteroatoms. The standard InChI is InChI=1S/C14H14BrN7/c15-9-1-3-10(4-2-9)19-12(7-16)14-20-13(21-22-14)11-5-6-17-8-18-11/h1-6,8,12,19H,7,16H2,(H,20,21,22). The predicted octanol–water partition coefficient (Wildman–Crippen LogP) is 2.14. The fourth-order valence-corrected chi connectivity index (χ4v) is 2.22. The average Bonchev–Trinajstić information content (AvgIpc) is 3.05. The van der Waals surface area contributed by atoms with Crippen LogP contribution in [0.3, 0.4) is 0 Å². The van der Waals surface area contributed by atoms with Crippen molar-refractivity contribution in [2.24, 2.45) is 5.73 Å². The number of nitrogens with one attached hydrogen (secondary N) is 2. The maximum absolute atomic E-state index is 5.85. The van der Waals surface area contributed by atoms with E-state index in [0.29, 0.717) is 23.9 Å². The third-order valence-electron chi connectivity index (χ3n) is 3.06. The van der Waals surface area contributed by atoms with E-state index in [2.05, 4.69) is 46.4 Å². The summed E-state index contributed by atoms with van der Waals surface area (Å²) >= 11 is 3.41. The van der Waals surface area contributed by atoms with Gasteiger partial charge in [-0.1, -0.05) is 15.9 Å². The number of rotatable bonds is 5. The minimum atomic E-state index is -0.163. The van der Waals surface area contributed by atoms with Crippen LogP contribution in [-0.2, 0) is 0 Å². The van der Waals surface area contributed by atoms with E-state index in [9.17, 15) is 0 Å². The molecule has 2 heterocycles. The molecular weight excluding hydrogens is 346 g/mol. The van der Waals surface area contributed by atoms with E-state index < -0.39 is 0 Å². The summed E-state index contributed by atoms with van der Waals surface area (Å²) in [6.45, 7) is 0.383. The zero-order chi connectivity index (χ0) is 15.4. The van der Waals surface area contributed by atoms with Crippen LogP contribution in [0.5, 0.6) is 0 Å². The molecule has 2 aromatic heterocycles. The van der Waals surface area contributed by atoms with Crippen LogP contribution in [0, 0.1) is 0 Å². The summed E-state index contributed by atoms with van der Waals surface area (Å²) in [7, 11) is 0. The topological polar surface area (TPSA) is 105 Å². The maximum Gasteiger partial charge on any atom is 0.199 e. The Morgan fingerprint density at radius 2 is 2.05 bits per heavy atom. The Hall–Kier alpha value is -2.32. The Bertz CT molecular complexity index is 726. The molecule has 1 unspecified atom stereocenters. The lowest BCUT2D eigenvalue weighted by molar-refractivity contribution is 0.730. The normalized spacial score (nSPS) is 12.1. The second-order valence-electron chi connectivity index (χ2n) is 4.58. The molecule has 112 valence electrons. The molecule has 4 N–H and O–H groups in total. The zero-order valence-corrected chi connectivity index (χ0v) is 13.2. The number of halogens is 1. The quantitative estimate of drug-likeness (QED) is 0.644. The van der Waals surface area contributed by atoms with Gasteiger partial charge in [0.15, 0.2) is 5.82 Å². The lowest BCUT2D eigenvalue weighted by atomic mass is 10.2. The monoisotopic (exact) mass is 359 g/mol. The molecule has 0 amide bonds. The van der Waals surface area contributed by atoms with Gasteiger partial charge in [0.05, 0.1) is 6.04 Å². The average molecular weight is 360 g/mol. The molecule has 0 aliphatic carbocycles. The molecule has 7 nitrogen and oxygen atoms in total. The number of H-pyrrole nitrogens is 1. The minimum Gasteiger partial charge on any atom is -0.374 e. The minimum absolute atomic E-state index is 0.163.